The molecule has 0 aliphatic rings. The molecule has 0 unspecified atom stereocenters. The Balaban J connectivity index is 2.60. The van der Waals surface area contributed by atoms with E-state index in [0.717, 1.165) is 11.3 Å². The summed E-state index contributed by atoms with van der Waals surface area (Å²) >= 11 is 0. The molecular formula is C13H14N2. The summed E-state index contributed by atoms with van der Waals surface area (Å²) in [5.74, 6) is 0.574. The van der Waals surface area contributed by atoms with Crippen LogP contribution in [0.3, 0.4) is 0 Å². The van der Waals surface area contributed by atoms with Crippen molar-refractivity contribution in [1.29, 1.82) is 0 Å². The number of benzene rings is 1. The quantitative estimate of drug-likeness (QED) is 0.765. The van der Waals surface area contributed by atoms with Crippen LogP contribution in [0.4, 0.5) is 5.82 Å². The van der Waals surface area contributed by atoms with Gasteiger partial charge >= 0.3 is 0 Å². The van der Waals surface area contributed by atoms with E-state index in [1.165, 1.54) is 11.1 Å². The molecule has 1 heterocycles. The zero-order valence-electron chi connectivity index (χ0n) is 8.99. The number of aromatic nitrogens is 1. The van der Waals surface area contributed by atoms with E-state index in [0.29, 0.717) is 5.82 Å². The maximum absolute atomic E-state index is 5.63. The van der Waals surface area contributed by atoms with Crippen LogP contribution in [0, 0.1) is 13.8 Å². The minimum absolute atomic E-state index is 0.574. The van der Waals surface area contributed by atoms with Gasteiger partial charge in [0.1, 0.15) is 5.82 Å². The van der Waals surface area contributed by atoms with E-state index < -0.39 is 0 Å². The minimum Gasteiger partial charge on any atom is -0.384 e. The van der Waals surface area contributed by atoms with Crippen molar-refractivity contribution < 1.29 is 0 Å². The SMILES string of the molecule is Cc1ccccc1-c1ccc(N)nc1C. The number of pyridine rings is 1. The van der Waals surface area contributed by atoms with Crippen molar-refractivity contribution in [3.63, 3.8) is 0 Å². The summed E-state index contributed by atoms with van der Waals surface area (Å²) in [4.78, 5) is 4.27. The van der Waals surface area contributed by atoms with Gasteiger partial charge in [0.05, 0.1) is 0 Å². The third-order valence-corrected chi connectivity index (χ3v) is 2.54. The third-order valence-electron chi connectivity index (χ3n) is 2.54. The second-order valence-electron chi connectivity index (χ2n) is 3.68. The van der Waals surface area contributed by atoms with Crippen LogP contribution in [0.5, 0.6) is 0 Å². The molecule has 0 aliphatic heterocycles. The first-order valence-corrected chi connectivity index (χ1v) is 4.97. The molecule has 1 aromatic heterocycles. The van der Waals surface area contributed by atoms with Gasteiger partial charge in [-0.25, -0.2) is 4.98 Å². The summed E-state index contributed by atoms with van der Waals surface area (Å²) in [7, 11) is 0. The zero-order chi connectivity index (χ0) is 10.8. The van der Waals surface area contributed by atoms with Crippen LogP contribution in [-0.4, -0.2) is 4.98 Å². The summed E-state index contributed by atoms with van der Waals surface area (Å²) in [5, 5.41) is 0. The maximum Gasteiger partial charge on any atom is 0.123 e. The van der Waals surface area contributed by atoms with Gasteiger partial charge in [-0.15, -0.1) is 0 Å². The molecule has 0 saturated heterocycles. The Morgan fingerprint density at radius 3 is 2.33 bits per heavy atom. The first-order chi connectivity index (χ1) is 7.18. The Labute approximate surface area is 89.8 Å². The number of nitrogens with zero attached hydrogens (tertiary/aromatic N) is 1. The standard InChI is InChI=1S/C13H14N2/c1-9-5-3-4-6-11(9)12-7-8-13(14)15-10(12)2/h3-8H,1-2H3,(H2,14,15). The third kappa shape index (κ3) is 1.84. The highest BCUT2D eigenvalue weighted by Crippen LogP contribution is 2.25. The first kappa shape index (κ1) is 9.71. The number of rotatable bonds is 1. The number of anilines is 1. The molecule has 76 valence electrons. The molecule has 0 fully saturated rings. The molecule has 2 heteroatoms. The Kier molecular flexibility index (Phi) is 2.42. The van der Waals surface area contributed by atoms with Gasteiger partial charge in [0.2, 0.25) is 0 Å². The van der Waals surface area contributed by atoms with E-state index in [4.69, 9.17) is 5.73 Å². The molecule has 15 heavy (non-hydrogen) atoms. The molecular weight excluding hydrogens is 184 g/mol. The lowest BCUT2D eigenvalue weighted by molar-refractivity contribution is 1.21. The monoisotopic (exact) mass is 198 g/mol. The highest BCUT2D eigenvalue weighted by molar-refractivity contribution is 5.69. The summed E-state index contributed by atoms with van der Waals surface area (Å²) in [6.07, 6.45) is 0. The predicted octanol–water partition coefficient (Wildman–Crippen LogP) is 2.95. The fourth-order valence-corrected chi connectivity index (χ4v) is 1.74. The molecule has 0 amide bonds. The molecule has 0 aliphatic carbocycles. The molecule has 2 aromatic rings. The van der Waals surface area contributed by atoms with E-state index in [-0.39, 0.29) is 0 Å². The van der Waals surface area contributed by atoms with E-state index >= 15 is 0 Å². The van der Waals surface area contributed by atoms with E-state index in [1.54, 1.807) is 0 Å². The fraction of sp³-hybridized carbons (Fsp3) is 0.154. The van der Waals surface area contributed by atoms with Gasteiger partial charge in [-0.3, -0.25) is 0 Å². The zero-order valence-corrected chi connectivity index (χ0v) is 8.99. The number of nitrogen functional groups attached to an aromatic ring is 1. The van der Waals surface area contributed by atoms with Crippen LogP contribution >= 0.6 is 0 Å². The molecule has 1 aromatic carbocycles. The maximum atomic E-state index is 5.63. The van der Waals surface area contributed by atoms with Crippen molar-refractivity contribution in [2.45, 2.75) is 13.8 Å². The molecule has 0 bridgehead atoms. The van der Waals surface area contributed by atoms with E-state index in [9.17, 15) is 0 Å². The van der Waals surface area contributed by atoms with E-state index in [2.05, 4.69) is 24.0 Å². The fourth-order valence-electron chi connectivity index (χ4n) is 1.74. The summed E-state index contributed by atoms with van der Waals surface area (Å²) in [5.41, 5.74) is 10.2. The Morgan fingerprint density at radius 2 is 1.67 bits per heavy atom. The average molecular weight is 198 g/mol. The van der Waals surface area contributed by atoms with Gasteiger partial charge in [0.15, 0.2) is 0 Å². The molecule has 0 radical (unpaired) electrons. The lowest BCUT2D eigenvalue weighted by Gasteiger charge is -2.08. The Morgan fingerprint density at radius 1 is 0.933 bits per heavy atom. The topological polar surface area (TPSA) is 38.9 Å². The van der Waals surface area contributed by atoms with Crippen molar-refractivity contribution in [3.05, 3.63) is 47.7 Å². The van der Waals surface area contributed by atoms with Crippen molar-refractivity contribution >= 4 is 5.82 Å². The highest BCUT2D eigenvalue weighted by atomic mass is 14.8. The van der Waals surface area contributed by atoms with Crippen molar-refractivity contribution in [2.75, 3.05) is 5.73 Å². The predicted molar refractivity (Wildman–Crippen MR) is 63.6 cm³/mol. The van der Waals surface area contributed by atoms with Crippen LogP contribution < -0.4 is 5.73 Å². The van der Waals surface area contributed by atoms with Crippen molar-refractivity contribution in [1.82, 2.24) is 4.98 Å². The number of nitrogens with two attached hydrogens (primary N) is 1. The van der Waals surface area contributed by atoms with Crippen LogP contribution in [-0.2, 0) is 0 Å². The van der Waals surface area contributed by atoms with Gasteiger partial charge in [0.25, 0.3) is 0 Å². The molecule has 2 N–H and O–H groups in total. The second kappa shape index (κ2) is 3.73. The van der Waals surface area contributed by atoms with Crippen LogP contribution in [0.15, 0.2) is 36.4 Å². The molecule has 0 atom stereocenters. The number of aryl methyl sites for hydroxylation is 2. The number of hydrogen-bond donors (Lipinski definition) is 1. The lowest BCUT2D eigenvalue weighted by atomic mass is 10.00. The van der Waals surface area contributed by atoms with Gasteiger partial charge in [-0.2, -0.15) is 0 Å². The summed E-state index contributed by atoms with van der Waals surface area (Å²) in [6, 6.07) is 12.2. The van der Waals surface area contributed by atoms with Crippen LogP contribution in [0.25, 0.3) is 11.1 Å². The molecule has 2 nitrogen and oxygen atoms in total. The Bertz CT molecular complexity index is 490. The van der Waals surface area contributed by atoms with Crippen LogP contribution in [0.2, 0.25) is 0 Å². The normalized spacial score (nSPS) is 10.3. The molecule has 0 saturated carbocycles. The molecule has 2 rings (SSSR count). The summed E-state index contributed by atoms with van der Waals surface area (Å²) < 4.78 is 0. The smallest absolute Gasteiger partial charge is 0.123 e. The van der Waals surface area contributed by atoms with Crippen molar-refractivity contribution in [2.24, 2.45) is 0 Å². The van der Waals surface area contributed by atoms with Crippen molar-refractivity contribution in [3.8, 4) is 11.1 Å². The molecule has 0 spiro atoms. The first-order valence-electron chi connectivity index (χ1n) is 4.97. The number of hydrogen-bond acceptors (Lipinski definition) is 2. The van der Waals surface area contributed by atoms with Gasteiger partial charge in [-0.05, 0) is 37.1 Å². The lowest BCUT2D eigenvalue weighted by Crippen LogP contribution is -1.95. The second-order valence-corrected chi connectivity index (χ2v) is 3.68. The highest BCUT2D eigenvalue weighted by Gasteiger charge is 2.05. The van der Waals surface area contributed by atoms with Gasteiger partial charge in [0, 0.05) is 11.3 Å². The minimum atomic E-state index is 0.574. The van der Waals surface area contributed by atoms with E-state index in [1.807, 2.05) is 31.2 Å². The van der Waals surface area contributed by atoms with Gasteiger partial charge < -0.3 is 5.73 Å². The Hall–Kier alpha value is -1.83. The largest absolute Gasteiger partial charge is 0.384 e. The van der Waals surface area contributed by atoms with Crippen LogP contribution in [0.1, 0.15) is 11.3 Å². The average Bonchev–Trinajstić information content (AvgIpc) is 2.20. The van der Waals surface area contributed by atoms with Gasteiger partial charge in [-0.1, -0.05) is 24.3 Å². The summed E-state index contributed by atoms with van der Waals surface area (Å²) in [6.45, 7) is 4.09.